The topological polar surface area (TPSA) is 99.5 Å². The van der Waals surface area contributed by atoms with Crippen LogP contribution in [0.5, 0.6) is 11.5 Å². The van der Waals surface area contributed by atoms with Gasteiger partial charge in [-0.3, -0.25) is 14.4 Å². The van der Waals surface area contributed by atoms with E-state index in [0.717, 1.165) is 5.56 Å². The van der Waals surface area contributed by atoms with Gasteiger partial charge in [-0.1, -0.05) is 12.1 Å². The molecule has 0 bridgehead atoms. The minimum absolute atomic E-state index is 0.0686. The number of benzene rings is 2. The van der Waals surface area contributed by atoms with E-state index >= 15 is 0 Å². The molecule has 0 aliphatic carbocycles. The van der Waals surface area contributed by atoms with E-state index in [0.29, 0.717) is 41.4 Å². The van der Waals surface area contributed by atoms with Crippen LogP contribution in [-0.4, -0.2) is 35.7 Å². The van der Waals surface area contributed by atoms with Gasteiger partial charge in [0, 0.05) is 35.8 Å². The monoisotopic (exact) mass is 435 g/mol. The van der Waals surface area contributed by atoms with Crippen molar-refractivity contribution < 1.29 is 19.1 Å². The third-order valence-electron chi connectivity index (χ3n) is 4.87. The number of carbonyl (C=O) groups excluding carboxylic acids is 2. The predicted octanol–water partition coefficient (Wildman–Crippen LogP) is 3.55. The maximum absolute atomic E-state index is 12.3. The number of aromatic nitrogens is 2. The molecule has 166 valence electrons. The number of carbonyl (C=O) groups is 2. The Balaban J connectivity index is 1.64. The van der Waals surface area contributed by atoms with Gasteiger partial charge in [0.15, 0.2) is 17.3 Å². The van der Waals surface area contributed by atoms with Crippen molar-refractivity contribution in [2.75, 3.05) is 19.5 Å². The van der Waals surface area contributed by atoms with Gasteiger partial charge in [-0.25, -0.2) is 4.68 Å². The summed E-state index contributed by atoms with van der Waals surface area (Å²) < 4.78 is 11.9. The first-order valence-electron chi connectivity index (χ1n) is 10.1. The van der Waals surface area contributed by atoms with E-state index in [1.165, 1.54) is 17.7 Å². The standard InChI is InChI=1S/C24H25N3O5/c1-16(28)17-6-4-7-19(14-17)25-23(29)8-5-13-27-24(30)12-10-20(26-27)18-9-11-21(31-2)22(15-18)32-3/h4,6-7,9-12,14-15H,5,8,13H2,1-3H3,(H,25,29). The van der Waals surface area contributed by atoms with Crippen LogP contribution in [0.1, 0.15) is 30.1 Å². The molecule has 1 heterocycles. The second-order valence-corrected chi connectivity index (χ2v) is 7.14. The van der Waals surface area contributed by atoms with Crippen LogP contribution in [0.3, 0.4) is 0 Å². The van der Waals surface area contributed by atoms with Gasteiger partial charge in [-0.2, -0.15) is 5.10 Å². The zero-order chi connectivity index (χ0) is 23.1. The molecule has 8 nitrogen and oxygen atoms in total. The Morgan fingerprint density at radius 1 is 1.00 bits per heavy atom. The molecule has 32 heavy (non-hydrogen) atoms. The molecule has 0 fully saturated rings. The second kappa shape index (κ2) is 10.4. The fourth-order valence-electron chi connectivity index (χ4n) is 3.19. The van der Waals surface area contributed by atoms with Crippen LogP contribution in [0.2, 0.25) is 0 Å². The van der Waals surface area contributed by atoms with Crippen molar-refractivity contribution in [1.82, 2.24) is 9.78 Å². The quantitative estimate of drug-likeness (QED) is 0.516. The number of anilines is 1. The SMILES string of the molecule is COc1ccc(-c2ccc(=O)n(CCCC(=O)Nc3cccc(C(C)=O)c3)n2)cc1OC. The highest BCUT2D eigenvalue weighted by Crippen LogP contribution is 2.31. The Morgan fingerprint density at radius 3 is 2.50 bits per heavy atom. The Bertz CT molecular complexity index is 1190. The molecule has 1 aromatic heterocycles. The summed E-state index contributed by atoms with van der Waals surface area (Å²) >= 11 is 0. The van der Waals surface area contributed by atoms with Crippen LogP contribution < -0.4 is 20.3 Å². The van der Waals surface area contributed by atoms with Crippen molar-refractivity contribution in [1.29, 1.82) is 0 Å². The van der Waals surface area contributed by atoms with Gasteiger partial charge in [-0.05, 0) is 49.7 Å². The third-order valence-corrected chi connectivity index (χ3v) is 4.87. The number of Topliss-reactive ketones (excluding diaryl/α,β-unsaturated/α-hetero) is 1. The van der Waals surface area contributed by atoms with Crippen LogP contribution >= 0.6 is 0 Å². The van der Waals surface area contributed by atoms with Crippen molar-refractivity contribution in [2.24, 2.45) is 0 Å². The summed E-state index contributed by atoms with van der Waals surface area (Å²) in [4.78, 5) is 36.0. The summed E-state index contributed by atoms with van der Waals surface area (Å²) in [6.07, 6.45) is 0.638. The molecular formula is C24H25N3O5. The first-order valence-corrected chi connectivity index (χ1v) is 10.1. The minimum Gasteiger partial charge on any atom is -0.493 e. The third kappa shape index (κ3) is 5.60. The lowest BCUT2D eigenvalue weighted by molar-refractivity contribution is -0.116. The van der Waals surface area contributed by atoms with Crippen molar-refractivity contribution in [3.63, 3.8) is 0 Å². The van der Waals surface area contributed by atoms with Crippen molar-refractivity contribution in [3.05, 3.63) is 70.5 Å². The van der Waals surface area contributed by atoms with Crippen molar-refractivity contribution in [2.45, 2.75) is 26.3 Å². The first kappa shape index (κ1) is 22.7. The van der Waals surface area contributed by atoms with Gasteiger partial charge in [0.2, 0.25) is 5.91 Å². The molecule has 0 saturated carbocycles. The molecule has 1 N–H and O–H groups in total. The molecule has 2 aromatic carbocycles. The van der Waals surface area contributed by atoms with Gasteiger partial charge in [0.05, 0.1) is 19.9 Å². The lowest BCUT2D eigenvalue weighted by Crippen LogP contribution is -2.23. The highest BCUT2D eigenvalue weighted by molar-refractivity contribution is 5.97. The number of rotatable bonds is 9. The molecule has 0 aliphatic heterocycles. The molecule has 3 aromatic rings. The number of amides is 1. The summed E-state index contributed by atoms with van der Waals surface area (Å²) in [6.45, 7) is 1.77. The molecular weight excluding hydrogens is 410 g/mol. The van der Waals surface area contributed by atoms with E-state index in [1.807, 2.05) is 6.07 Å². The van der Waals surface area contributed by atoms with Gasteiger partial charge in [0.25, 0.3) is 5.56 Å². The largest absolute Gasteiger partial charge is 0.493 e. The number of ether oxygens (including phenoxy) is 2. The maximum atomic E-state index is 12.3. The summed E-state index contributed by atoms with van der Waals surface area (Å²) in [7, 11) is 3.11. The van der Waals surface area contributed by atoms with E-state index in [-0.39, 0.29) is 23.7 Å². The number of hydrogen-bond donors (Lipinski definition) is 1. The van der Waals surface area contributed by atoms with Crippen LogP contribution in [-0.2, 0) is 11.3 Å². The van der Waals surface area contributed by atoms with Crippen molar-refractivity contribution in [3.8, 4) is 22.8 Å². The summed E-state index contributed by atoms with van der Waals surface area (Å²) in [5.74, 6) is 0.898. The maximum Gasteiger partial charge on any atom is 0.266 e. The molecule has 1 amide bonds. The Labute approximate surface area is 185 Å². The van der Waals surface area contributed by atoms with Crippen LogP contribution in [0.15, 0.2) is 59.4 Å². The molecule has 0 radical (unpaired) electrons. The highest BCUT2D eigenvalue weighted by Gasteiger charge is 2.10. The number of nitrogens with zero attached hydrogens (tertiary/aromatic N) is 2. The number of methoxy groups -OCH3 is 2. The first-order chi connectivity index (χ1) is 15.4. The molecule has 0 atom stereocenters. The number of aryl methyl sites for hydroxylation is 1. The van der Waals surface area contributed by atoms with Gasteiger partial charge >= 0.3 is 0 Å². The van der Waals surface area contributed by atoms with Gasteiger partial charge in [0.1, 0.15) is 0 Å². The van der Waals surface area contributed by atoms with Crippen LogP contribution in [0.25, 0.3) is 11.3 Å². The fourth-order valence-corrected chi connectivity index (χ4v) is 3.19. The average Bonchev–Trinajstić information content (AvgIpc) is 2.80. The lowest BCUT2D eigenvalue weighted by atomic mass is 10.1. The number of ketones is 1. The summed E-state index contributed by atoms with van der Waals surface area (Å²) in [6, 6.07) is 15.3. The van der Waals surface area contributed by atoms with Crippen LogP contribution in [0.4, 0.5) is 5.69 Å². The van der Waals surface area contributed by atoms with E-state index in [4.69, 9.17) is 9.47 Å². The Kier molecular flexibility index (Phi) is 7.38. The van der Waals surface area contributed by atoms with E-state index in [2.05, 4.69) is 10.4 Å². The number of nitrogens with one attached hydrogen (secondary N) is 1. The summed E-state index contributed by atoms with van der Waals surface area (Å²) in [5, 5.41) is 7.20. The predicted molar refractivity (Wildman–Crippen MR) is 121 cm³/mol. The smallest absolute Gasteiger partial charge is 0.266 e. The molecule has 0 unspecified atom stereocenters. The molecule has 0 spiro atoms. The number of hydrogen-bond acceptors (Lipinski definition) is 6. The van der Waals surface area contributed by atoms with Gasteiger partial charge in [-0.15, -0.1) is 0 Å². The molecule has 8 heteroatoms. The zero-order valence-corrected chi connectivity index (χ0v) is 18.3. The summed E-state index contributed by atoms with van der Waals surface area (Å²) in [5.41, 5.74) is 2.23. The van der Waals surface area contributed by atoms with Gasteiger partial charge < -0.3 is 14.8 Å². The van der Waals surface area contributed by atoms with Crippen LogP contribution in [0, 0.1) is 0 Å². The zero-order valence-electron chi connectivity index (χ0n) is 18.3. The molecule has 0 saturated heterocycles. The molecule has 3 rings (SSSR count). The van der Waals surface area contributed by atoms with E-state index < -0.39 is 0 Å². The molecule has 0 aliphatic rings. The minimum atomic E-state index is -0.246. The normalized spacial score (nSPS) is 10.5. The Hall–Kier alpha value is -3.94. The van der Waals surface area contributed by atoms with E-state index in [9.17, 15) is 14.4 Å². The van der Waals surface area contributed by atoms with Crippen molar-refractivity contribution >= 4 is 17.4 Å². The van der Waals surface area contributed by atoms with E-state index in [1.54, 1.807) is 56.7 Å². The Morgan fingerprint density at radius 2 is 1.78 bits per heavy atom. The fraction of sp³-hybridized carbons (Fsp3) is 0.250. The lowest BCUT2D eigenvalue weighted by Gasteiger charge is -2.11. The average molecular weight is 435 g/mol. The second-order valence-electron chi connectivity index (χ2n) is 7.14. The highest BCUT2D eigenvalue weighted by atomic mass is 16.5.